The van der Waals surface area contributed by atoms with Gasteiger partial charge in [0.05, 0.1) is 10.6 Å². The Kier molecular flexibility index (Phi) is 4.56. The summed E-state index contributed by atoms with van der Waals surface area (Å²) in [6.07, 6.45) is 0. The van der Waals surface area contributed by atoms with E-state index in [-0.39, 0.29) is 16.3 Å². The van der Waals surface area contributed by atoms with Gasteiger partial charge in [-0.3, -0.25) is 4.79 Å². The third kappa shape index (κ3) is 4.52. The molecular formula is C12H15F2NO2S. The van der Waals surface area contributed by atoms with Crippen LogP contribution in [-0.4, -0.2) is 17.3 Å². The zero-order valence-electron chi connectivity index (χ0n) is 10.4. The number of hydrogen-bond donors (Lipinski definition) is 1. The summed E-state index contributed by atoms with van der Waals surface area (Å²) in [4.78, 5) is 11.2. The third-order valence-electron chi connectivity index (χ3n) is 1.77. The maximum Gasteiger partial charge on any atom is 0.316 e. The van der Waals surface area contributed by atoms with Gasteiger partial charge in [0.25, 0.3) is 0 Å². The van der Waals surface area contributed by atoms with Crippen molar-refractivity contribution in [3.8, 4) is 0 Å². The van der Waals surface area contributed by atoms with E-state index < -0.39 is 23.2 Å². The van der Waals surface area contributed by atoms with Gasteiger partial charge in [-0.05, 0) is 32.9 Å². The molecule has 0 radical (unpaired) electrons. The van der Waals surface area contributed by atoms with E-state index in [9.17, 15) is 13.6 Å². The van der Waals surface area contributed by atoms with Crippen LogP contribution < -0.4 is 5.73 Å². The molecule has 2 N–H and O–H groups in total. The van der Waals surface area contributed by atoms with E-state index in [1.165, 1.54) is 0 Å². The Labute approximate surface area is 109 Å². The number of thioether (sulfide) groups is 1. The van der Waals surface area contributed by atoms with Crippen LogP contribution in [0.1, 0.15) is 20.8 Å². The molecule has 1 aromatic carbocycles. The number of carbonyl (C=O) groups excluding carboxylic acids is 1. The van der Waals surface area contributed by atoms with Crippen molar-refractivity contribution in [2.75, 3.05) is 11.5 Å². The molecule has 1 aromatic rings. The molecule has 100 valence electrons. The molecule has 6 heteroatoms. The zero-order chi connectivity index (χ0) is 13.9. The van der Waals surface area contributed by atoms with Crippen molar-refractivity contribution < 1.29 is 18.3 Å². The number of rotatable bonds is 3. The first-order valence-corrected chi connectivity index (χ1v) is 6.27. The molecule has 0 spiro atoms. The normalized spacial score (nSPS) is 11.4. The van der Waals surface area contributed by atoms with Crippen LogP contribution in [0.2, 0.25) is 0 Å². The van der Waals surface area contributed by atoms with Gasteiger partial charge in [0.15, 0.2) is 0 Å². The number of nitrogens with two attached hydrogens (primary N) is 1. The molecule has 0 amide bonds. The fraction of sp³-hybridized carbons (Fsp3) is 0.417. The van der Waals surface area contributed by atoms with E-state index in [0.717, 1.165) is 23.9 Å². The molecule has 0 atom stereocenters. The Morgan fingerprint density at radius 3 is 2.28 bits per heavy atom. The van der Waals surface area contributed by atoms with Crippen molar-refractivity contribution in [3.63, 3.8) is 0 Å². The highest BCUT2D eigenvalue weighted by atomic mass is 32.2. The van der Waals surface area contributed by atoms with Crippen LogP contribution in [0, 0.1) is 11.6 Å². The van der Waals surface area contributed by atoms with Gasteiger partial charge in [-0.25, -0.2) is 8.78 Å². The van der Waals surface area contributed by atoms with Crippen LogP contribution >= 0.6 is 11.8 Å². The van der Waals surface area contributed by atoms with Crippen molar-refractivity contribution >= 4 is 23.4 Å². The summed E-state index contributed by atoms with van der Waals surface area (Å²) in [5.41, 5.74) is 4.68. The molecule has 0 heterocycles. The first kappa shape index (κ1) is 14.8. The second-order valence-corrected chi connectivity index (χ2v) is 5.67. The van der Waals surface area contributed by atoms with Gasteiger partial charge < -0.3 is 10.5 Å². The average molecular weight is 275 g/mol. The molecule has 0 aliphatic carbocycles. The maximum atomic E-state index is 13.4. The van der Waals surface area contributed by atoms with Gasteiger partial charge >= 0.3 is 5.97 Å². The van der Waals surface area contributed by atoms with Crippen LogP contribution in [0.4, 0.5) is 14.5 Å². The number of ether oxygens (including phenoxy) is 1. The number of anilines is 1. The topological polar surface area (TPSA) is 52.3 Å². The molecular weight excluding hydrogens is 260 g/mol. The summed E-state index contributed by atoms with van der Waals surface area (Å²) >= 11 is 0.751. The summed E-state index contributed by atoms with van der Waals surface area (Å²) in [5, 5.41) is 0. The lowest BCUT2D eigenvalue weighted by molar-refractivity contribution is -0.151. The van der Waals surface area contributed by atoms with Gasteiger partial charge in [0.2, 0.25) is 0 Å². The van der Waals surface area contributed by atoms with E-state index in [1.54, 1.807) is 20.8 Å². The average Bonchev–Trinajstić information content (AvgIpc) is 2.12. The number of carbonyl (C=O) groups is 1. The summed E-state index contributed by atoms with van der Waals surface area (Å²) in [5.74, 6) is -2.24. The van der Waals surface area contributed by atoms with Crippen molar-refractivity contribution in [1.82, 2.24) is 0 Å². The highest BCUT2D eigenvalue weighted by Crippen LogP contribution is 2.27. The molecule has 0 unspecified atom stereocenters. The molecule has 0 bridgehead atoms. The fourth-order valence-corrected chi connectivity index (χ4v) is 1.93. The highest BCUT2D eigenvalue weighted by molar-refractivity contribution is 8.00. The lowest BCUT2D eigenvalue weighted by Gasteiger charge is -2.19. The van der Waals surface area contributed by atoms with Crippen molar-refractivity contribution in [1.29, 1.82) is 0 Å². The number of esters is 1. The largest absolute Gasteiger partial charge is 0.459 e. The van der Waals surface area contributed by atoms with E-state index in [4.69, 9.17) is 10.5 Å². The Balaban J connectivity index is 2.67. The SMILES string of the molecule is CC(C)(C)OC(=O)CSc1c(F)cc(N)cc1F. The second kappa shape index (κ2) is 5.56. The molecule has 0 saturated heterocycles. The minimum absolute atomic E-state index is 0.00613. The van der Waals surface area contributed by atoms with E-state index >= 15 is 0 Å². The fourth-order valence-electron chi connectivity index (χ4n) is 1.22. The van der Waals surface area contributed by atoms with Crippen molar-refractivity contribution in [2.45, 2.75) is 31.3 Å². The smallest absolute Gasteiger partial charge is 0.316 e. The quantitative estimate of drug-likeness (QED) is 0.523. The number of nitrogen functional groups attached to an aromatic ring is 1. The van der Waals surface area contributed by atoms with Gasteiger partial charge in [0, 0.05) is 5.69 Å². The first-order chi connectivity index (χ1) is 8.19. The molecule has 18 heavy (non-hydrogen) atoms. The van der Waals surface area contributed by atoms with Crippen LogP contribution in [-0.2, 0) is 9.53 Å². The first-order valence-electron chi connectivity index (χ1n) is 5.28. The molecule has 1 rings (SSSR count). The van der Waals surface area contributed by atoms with Gasteiger partial charge in [-0.15, -0.1) is 11.8 Å². The maximum absolute atomic E-state index is 13.4. The summed E-state index contributed by atoms with van der Waals surface area (Å²) < 4.78 is 31.8. The van der Waals surface area contributed by atoms with E-state index in [2.05, 4.69) is 0 Å². The van der Waals surface area contributed by atoms with Crippen molar-refractivity contribution in [2.24, 2.45) is 0 Å². The Bertz CT molecular complexity index is 435. The van der Waals surface area contributed by atoms with E-state index in [0.29, 0.717) is 0 Å². The monoisotopic (exact) mass is 275 g/mol. The predicted molar refractivity (Wildman–Crippen MR) is 67.3 cm³/mol. The summed E-state index contributed by atoms with van der Waals surface area (Å²) in [7, 11) is 0. The number of hydrogen-bond acceptors (Lipinski definition) is 4. The molecule has 0 fully saturated rings. The Morgan fingerprint density at radius 1 is 1.33 bits per heavy atom. The minimum atomic E-state index is -0.777. The summed E-state index contributed by atoms with van der Waals surface area (Å²) in [6, 6.07) is 2.03. The lowest BCUT2D eigenvalue weighted by Crippen LogP contribution is -2.24. The van der Waals surface area contributed by atoms with Gasteiger partial charge in [-0.1, -0.05) is 0 Å². The highest BCUT2D eigenvalue weighted by Gasteiger charge is 2.18. The Hall–Kier alpha value is -1.30. The second-order valence-electron chi connectivity index (χ2n) is 4.69. The molecule has 0 saturated carbocycles. The van der Waals surface area contributed by atoms with Gasteiger partial charge in [0.1, 0.15) is 17.2 Å². The molecule has 0 aromatic heterocycles. The standard InChI is InChI=1S/C12H15F2NO2S/c1-12(2,3)17-10(16)6-18-11-8(13)4-7(15)5-9(11)14/h4-5H,6,15H2,1-3H3. The zero-order valence-corrected chi connectivity index (χ0v) is 11.2. The van der Waals surface area contributed by atoms with Crippen LogP contribution in [0.5, 0.6) is 0 Å². The molecule has 0 aliphatic heterocycles. The Morgan fingerprint density at radius 2 is 1.83 bits per heavy atom. The molecule has 3 nitrogen and oxygen atoms in total. The van der Waals surface area contributed by atoms with Crippen LogP contribution in [0.25, 0.3) is 0 Å². The lowest BCUT2D eigenvalue weighted by atomic mass is 10.2. The number of halogens is 2. The minimum Gasteiger partial charge on any atom is -0.459 e. The van der Waals surface area contributed by atoms with Crippen LogP contribution in [0.3, 0.4) is 0 Å². The van der Waals surface area contributed by atoms with Gasteiger partial charge in [-0.2, -0.15) is 0 Å². The van der Waals surface area contributed by atoms with Crippen LogP contribution in [0.15, 0.2) is 17.0 Å². The molecule has 0 aliphatic rings. The third-order valence-corrected chi connectivity index (χ3v) is 2.83. The van der Waals surface area contributed by atoms with Crippen molar-refractivity contribution in [3.05, 3.63) is 23.8 Å². The summed E-state index contributed by atoms with van der Waals surface area (Å²) in [6.45, 7) is 5.17. The predicted octanol–water partition coefficient (Wildman–Crippen LogP) is 2.98. The van der Waals surface area contributed by atoms with E-state index in [1.807, 2.05) is 0 Å². The number of benzene rings is 1.